The highest BCUT2D eigenvalue weighted by Gasteiger charge is 2.38. The second-order valence-corrected chi connectivity index (χ2v) is 8.68. The predicted molar refractivity (Wildman–Crippen MR) is 143 cm³/mol. The van der Waals surface area contributed by atoms with E-state index in [1.54, 1.807) is 31.4 Å². The zero-order valence-corrected chi connectivity index (χ0v) is 23.4. The van der Waals surface area contributed by atoms with Crippen molar-refractivity contribution in [1.29, 1.82) is 0 Å². The average Bonchev–Trinajstić information content (AvgIpc) is 2.98. The Kier molecular flexibility index (Phi) is 8.52. The molecule has 2 atom stereocenters. The quantitative estimate of drug-likeness (QED) is 0.359. The van der Waals surface area contributed by atoms with E-state index in [1.807, 2.05) is 0 Å². The lowest BCUT2D eigenvalue weighted by Crippen LogP contribution is -2.35. The molecule has 0 radical (unpaired) electrons. The fraction of sp³-hybridized carbons (Fsp3) is 0.345. The number of rotatable bonds is 10. The summed E-state index contributed by atoms with van der Waals surface area (Å²) in [4.78, 5) is 13.4. The fourth-order valence-corrected chi connectivity index (χ4v) is 4.64. The molecule has 0 aliphatic carbocycles. The van der Waals surface area contributed by atoms with Gasteiger partial charge in [0, 0.05) is 29.7 Å². The first kappa shape index (κ1) is 28.3. The topological polar surface area (TPSA) is 120 Å². The Hall–Kier alpha value is -4.67. The third-order valence-corrected chi connectivity index (χ3v) is 6.56. The first-order chi connectivity index (χ1) is 19.3. The molecule has 0 saturated heterocycles. The van der Waals surface area contributed by atoms with E-state index in [0.29, 0.717) is 45.6 Å². The third-order valence-electron chi connectivity index (χ3n) is 6.56. The normalized spacial score (nSPS) is 15.7. The maximum Gasteiger partial charge on any atom is 0.338 e. The number of carbonyl (C=O) groups excluding carboxylic acids is 1. The van der Waals surface area contributed by atoms with Crippen molar-refractivity contribution in [2.75, 3.05) is 49.8 Å². The predicted octanol–water partition coefficient (Wildman–Crippen LogP) is 4.35. The lowest BCUT2D eigenvalue weighted by molar-refractivity contribution is -0.0189. The van der Waals surface area contributed by atoms with Gasteiger partial charge in [0.1, 0.15) is 23.4 Å². The first-order valence-electron chi connectivity index (χ1n) is 12.2. The Bertz CT molecular complexity index is 1360. The first-order valence-corrected chi connectivity index (χ1v) is 12.2. The molecule has 214 valence electrons. The van der Waals surface area contributed by atoms with Crippen molar-refractivity contribution in [2.24, 2.45) is 0 Å². The summed E-state index contributed by atoms with van der Waals surface area (Å²) < 4.78 is 50.5. The standard InChI is InChI=1S/C29H32O11/c1-32-17-12-20(33-2)18-14-25(40-29(31)16-8-19(30)27(37-6)22(11-16)34-3)26(39-21(18)13-17)15-9-23(35-4)28(38-7)24(10-15)36-5/h8-13,25-26,30H,14H2,1-7H3. The van der Waals surface area contributed by atoms with Gasteiger partial charge in [-0.3, -0.25) is 0 Å². The maximum atomic E-state index is 13.4. The van der Waals surface area contributed by atoms with Gasteiger partial charge in [0.25, 0.3) is 0 Å². The number of methoxy groups -OCH3 is 7. The molecule has 0 bridgehead atoms. The van der Waals surface area contributed by atoms with Crippen molar-refractivity contribution in [1.82, 2.24) is 0 Å². The van der Waals surface area contributed by atoms with Crippen LogP contribution in [-0.2, 0) is 11.2 Å². The van der Waals surface area contributed by atoms with Gasteiger partial charge in [0.15, 0.2) is 29.1 Å². The maximum absolute atomic E-state index is 13.4. The molecule has 4 rings (SSSR count). The van der Waals surface area contributed by atoms with E-state index in [4.69, 9.17) is 42.6 Å². The number of phenolic OH excluding ortho intramolecular Hbond substituents is 1. The van der Waals surface area contributed by atoms with Gasteiger partial charge in [-0.2, -0.15) is 0 Å². The number of phenols is 1. The zero-order chi connectivity index (χ0) is 29.0. The SMILES string of the molecule is COc1cc(OC)c2c(c1)OC(c1cc(OC)c(OC)c(OC)c1)C(OC(=O)c1cc(O)c(OC)c(OC)c1)C2. The third kappa shape index (κ3) is 5.27. The van der Waals surface area contributed by atoms with Crippen LogP contribution in [0.15, 0.2) is 36.4 Å². The minimum Gasteiger partial charge on any atom is -0.504 e. The number of fused-ring (bicyclic) bond motifs is 1. The van der Waals surface area contributed by atoms with Crippen LogP contribution in [0.5, 0.6) is 51.7 Å². The van der Waals surface area contributed by atoms with E-state index in [2.05, 4.69) is 0 Å². The highest BCUT2D eigenvalue weighted by atomic mass is 16.6. The number of aromatic hydroxyl groups is 1. The Morgan fingerprint density at radius 3 is 1.88 bits per heavy atom. The molecular formula is C29H32O11. The smallest absolute Gasteiger partial charge is 0.338 e. The minimum atomic E-state index is -0.833. The van der Waals surface area contributed by atoms with Crippen LogP contribution in [0.1, 0.15) is 27.6 Å². The molecule has 1 N–H and O–H groups in total. The molecule has 0 amide bonds. The molecule has 11 nitrogen and oxygen atoms in total. The monoisotopic (exact) mass is 556 g/mol. The molecule has 1 aliphatic rings. The molecule has 2 unspecified atom stereocenters. The summed E-state index contributed by atoms with van der Waals surface area (Å²) in [6.45, 7) is 0. The Labute approximate surface area is 232 Å². The molecule has 0 saturated carbocycles. The Balaban J connectivity index is 1.81. The van der Waals surface area contributed by atoms with Gasteiger partial charge in [0.2, 0.25) is 11.5 Å². The van der Waals surface area contributed by atoms with Crippen LogP contribution >= 0.6 is 0 Å². The van der Waals surface area contributed by atoms with E-state index in [0.717, 1.165) is 0 Å². The summed E-state index contributed by atoms with van der Waals surface area (Å²) in [7, 11) is 10.4. The van der Waals surface area contributed by atoms with Gasteiger partial charge in [-0.15, -0.1) is 0 Å². The number of carbonyl (C=O) groups is 1. The zero-order valence-electron chi connectivity index (χ0n) is 23.4. The van der Waals surface area contributed by atoms with Gasteiger partial charge in [-0.1, -0.05) is 0 Å². The van der Waals surface area contributed by atoms with E-state index >= 15 is 0 Å². The molecule has 1 aliphatic heterocycles. The van der Waals surface area contributed by atoms with Gasteiger partial charge < -0.3 is 47.7 Å². The largest absolute Gasteiger partial charge is 0.504 e. The Morgan fingerprint density at radius 1 is 0.725 bits per heavy atom. The van der Waals surface area contributed by atoms with Crippen LogP contribution in [0.25, 0.3) is 0 Å². The van der Waals surface area contributed by atoms with E-state index in [-0.39, 0.29) is 29.2 Å². The molecule has 1 heterocycles. The van der Waals surface area contributed by atoms with Crippen LogP contribution < -0.4 is 37.9 Å². The molecule has 0 spiro atoms. The van der Waals surface area contributed by atoms with Crippen LogP contribution in [0.2, 0.25) is 0 Å². The number of hydrogen-bond acceptors (Lipinski definition) is 11. The van der Waals surface area contributed by atoms with Crippen molar-refractivity contribution in [3.05, 3.63) is 53.1 Å². The van der Waals surface area contributed by atoms with Crippen molar-refractivity contribution in [3.63, 3.8) is 0 Å². The molecule has 40 heavy (non-hydrogen) atoms. The number of benzene rings is 3. The summed E-state index contributed by atoms with van der Waals surface area (Å²) >= 11 is 0. The fourth-order valence-electron chi connectivity index (χ4n) is 4.64. The average molecular weight is 557 g/mol. The highest BCUT2D eigenvalue weighted by molar-refractivity contribution is 5.91. The van der Waals surface area contributed by atoms with Gasteiger partial charge >= 0.3 is 5.97 Å². The van der Waals surface area contributed by atoms with E-state index in [1.165, 1.54) is 54.8 Å². The Morgan fingerprint density at radius 2 is 1.32 bits per heavy atom. The second kappa shape index (κ2) is 12.0. The minimum absolute atomic E-state index is 0.0614. The van der Waals surface area contributed by atoms with E-state index in [9.17, 15) is 9.90 Å². The van der Waals surface area contributed by atoms with Crippen LogP contribution in [0, 0.1) is 0 Å². The molecule has 0 fully saturated rings. The highest BCUT2D eigenvalue weighted by Crippen LogP contribution is 2.47. The van der Waals surface area contributed by atoms with Crippen molar-refractivity contribution >= 4 is 5.97 Å². The van der Waals surface area contributed by atoms with Crippen LogP contribution in [-0.4, -0.2) is 66.9 Å². The van der Waals surface area contributed by atoms with E-state index < -0.39 is 18.2 Å². The molecule has 3 aromatic rings. The van der Waals surface area contributed by atoms with Crippen molar-refractivity contribution < 1.29 is 52.5 Å². The molecule has 0 aromatic heterocycles. The number of hydrogen-bond donors (Lipinski definition) is 1. The number of ether oxygens (including phenoxy) is 9. The lowest BCUT2D eigenvalue weighted by Gasteiger charge is -2.34. The molecule has 3 aromatic carbocycles. The molecule has 11 heteroatoms. The lowest BCUT2D eigenvalue weighted by atomic mass is 9.93. The van der Waals surface area contributed by atoms with Crippen molar-refractivity contribution in [3.8, 4) is 51.7 Å². The second-order valence-electron chi connectivity index (χ2n) is 8.68. The molecular weight excluding hydrogens is 524 g/mol. The summed E-state index contributed by atoms with van der Waals surface area (Å²) in [5.41, 5.74) is 1.36. The summed E-state index contributed by atoms with van der Waals surface area (Å²) in [5.74, 6) is 2.07. The van der Waals surface area contributed by atoms with Crippen molar-refractivity contribution in [2.45, 2.75) is 18.6 Å². The summed E-state index contributed by atoms with van der Waals surface area (Å²) in [6, 6.07) is 9.62. The number of esters is 1. The van der Waals surface area contributed by atoms with Crippen LogP contribution in [0.3, 0.4) is 0 Å². The summed E-state index contributed by atoms with van der Waals surface area (Å²) in [6.07, 6.45) is -1.38. The van der Waals surface area contributed by atoms with Gasteiger partial charge in [-0.05, 0) is 24.3 Å². The van der Waals surface area contributed by atoms with Gasteiger partial charge in [-0.25, -0.2) is 4.79 Å². The van der Waals surface area contributed by atoms with Gasteiger partial charge in [0.05, 0.1) is 55.3 Å². The summed E-state index contributed by atoms with van der Waals surface area (Å²) in [5, 5.41) is 10.4. The van der Waals surface area contributed by atoms with Crippen LogP contribution in [0.4, 0.5) is 0 Å².